The van der Waals surface area contributed by atoms with Gasteiger partial charge < -0.3 is 9.88 Å². The Balaban J connectivity index is 1.86. The zero-order chi connectivity index (χ0) is 14.7. The number of nitrogens with one attached hydrogen (secondary N) is 1. The smallest absolute Gasteiger partial charge is 0.144 e. The molecule has 1 aromatic carbocycles. The molecule has 1 N–H and O–H groups in total. The van der Waals surface area contributed by atoms with Gasteiger partial charge in [-0.1, -0.05) is 19.1 Å². The first-order valence-electron chi connectivity index (χ1n) is 7.23. The molecule has 3 rings (SSSR count). The van der Waals surface area contributed by atoms with Crippen molar-refractivity contribution in [1.29, 1.82) is 0 Å². The van der Waals surface area contributed by atoms with Crippen LogP contribution >= 0.6 is 0 Å². The van der Waals surface area contributed by atoms with E-state index in [2.05, 4.69) is 37.8 Å². The van der Waals surface area contributed by atoms with Crippen LogP contribution in [-0.4, -0.2) is 26.1 Å². The largest absolute Gasteiger partial charge is 0.369 e. The van der Waals surface area contributed by atoms with Gasteiger partial charge in [0.1, 0.15) is 11.6 Å². The first-order chi connectivity index (χ1) is 10.3. The summed E-state index contributed by atoms with van der Waals surface area (Å²) in [5.41, 5.74) is 3.08. The number of rotatable bonds is 5. The number of aryl methyl sites for hydroxylation is 1. The van der Waals surface area contributed by atoms with E-state index < -0.39 is 0 Å². The van der Waals surface area contributed by atoms with E-state index in [4.69, 9.17) is 0 Å². The Morgan fingerprint density at radius 3 is 2.81 bits per heavy atom. The van der Waals surface area contributed by atoms with Crippen LogP contribution in [0.15, 0.2) is 36.7 Å². The van der Waals surface area contributed by atoms with Crippen molar-refractivity contribution in [1.82, 2.24) is 19.5 Å². The maximum atomic E-state index is 4.67. The summed E-state index contributed by atoms with van der Waals surface area (Å²) < 4.78 is 2.11. The number of anilines is 1. The molecule has 0 amide bonds. The molecule has 2 heterocycles. The molecule has 5 nitrogen and oxygen atoms in total. The molecule has 0 aliphatic heterocycles. The number of hydrogen-bond donors (Lipinski definition) is 1. The Kier molecular flexibility index (Phi) is 3.81. The lowest BCUT2D eigenvalue weighted by Crippen LogP contribution is -2.06. The van der Waals surface area contributed by atoms with Gasteiger partial charge >= 0.3 is 0 Å². The molecule has 0 aliphatic rings. The van der Waals surface area contributed by atoms with Gasteiger partial charge in [0.25, 0.3) is 0 Å². The standard InChI is InChI=1S/C16H19N5/c1-3-8-18-15-11-17-10-12(19-15)9-16-20-13-6-4-5-7-14(13)21(16)2/h4-7,10-11H,3,8-9H2,1-2H3,(H,18,19). The highest BCUT2D eigenvalue weighted by Crippen LogP contribution is 2.16. The van der Waals surface area contributed by atoms with Gasteiger partial charge in [-0.2, -0.15) is 0 Å². The summed E-state index contributed by atoms with van der Waals surface area (Å²) in [4.78, 5) is 13.5. The van der Waals surface area contributed by atoms with Crippen molar-refractivity contribution in [2.75, 3.05) is 11.9 Å². The summed E-state index contributed by atoms with van der Waals surface area (Å²) >= 11 is 0. The second-order valence-corrected chi connectivity index (χ2v) is 5.07. The fourth-order valence-electron chi connectivity index (χ4n) is 2.35. The average molecular weight is 281 g/mol. The molecule has 0 aliphatic carbocycles. The van der Waals surface area contributed by atoms with Crippen molar-refractivity contribution in [3.05, 3.63) is 48.2 Å². The molecule has 2 aromatic heterocycles. The Hall–Kier alpha value is -2.43. The molecule has 0 bridgehead atoms. The van der Waals surface area contributed by atoms with Gasteiger partial charge in [0.2, 0.25) is 0 Å². The van der Waals surface area contributed by atoms with E-state index in [1.165, 1.54) is 0 Å². The number of hydrogen-bond acceptors (Lipinski definition) is 4. The van der Waals surface area contributed by atoms with E-state index >= 15 is 0 Å². The Bertz CT molecular complexity index is 747. The van der Waals surface area contributed by atoms with E-state index in [0.717, 1.165) is 41.3 Å². The monoisotopic (exact) mass is 281 g/mol. The van der Waals surface area contributed by atoms with Crippen molar-refractivity contribution in [2.45, 2.75) is 19.8 Å². The average Bonchev–Trinajstić information content (AvgIpc) is 2.82. The minimum absolute atomic E-state index is 0.680. The minimum atomic E-state index is 0.680. The predicted octanol–water partition coefficient (Wildman–Crippen LogP) is 2.78. The molecule has 5 heteroatoms. The summed E-state index contributed by atoms with van der Waals surface area (Å²) in [7, 11) is 2.04. The molecule has 0 fully saturated rings. The quantitative estimate of drug-likeness (QED) is 0.781. The minimum Gasteiger partial charge on any atom is -0.369 e. The maximum Gasteiger partial charge on any atom is 0.144 e. The number of aromatic nitrogens is 4. The topological polar surface area (TPSA) is 55.6 Å². The summed E-state index contributed by atoms with van der Waals surface area (Å²) in [6, 6.07) is 8.15. The van der Waals surface area contributed by atoms with Gasteiger partial charge in [-0.3, -0.25) is 4.98 Å². The third kappa shape index (κ3) is 2.86. The molecule has 108 valence electrons. The van der Waals surface area contributed by atoms with Gasteiger partial charge in [-0.25, -0.2) is 9.97 Å². The van der Waals surface area contributed by atoms with Crippen molar-refractivity contribution in [2.24, 2.45) is 7.05 Å². The Morgan fingerprint density at radius 2 is 2.00 bits per heavy atom. The van der Waals surface area contributed by atoms with Crippen molar-refractivity contribution >= 4 is 16.9 Å². The molecular formula is C16H19N5. The SMILES string of the molecule is CCCNc1cncc(Cc2nc3ccccc3n2C)n1. The summed E-state index contributed by atoms with van der Waals surface area (Å²) in [5, 5.41) is 3.26. The molecule has 0 saturated carbocycles. The highest BCUT2D eigenvalue weighted by atomic mass is 15.1. The fourth-order valence-corrected chi connectivity index (χ4v) is 2.35. The van der Waals surface area contributed by atoms with Crippen LogP contribution in [0.2, 0.25) is 0 Å². The van der Waals surface area contributed by atoms with Crippen molar-refractivity contribution in [3.63, 3.8) is 0 Å². The van der Waals surface area contributed by atoms with Crippen LogP contribution in [0.3, 0.4) is 0 Å². The van der Waals surface area contributed by atoms with Crippen LogP contribution < -0.4 is 5.32 Å². The van der Waals surface area contributed by atoms with E-state index in [0.29, 0.717) is 6.42 Å². The molecule has 21 heavy (non-hydrogen) atoms. The van der Waals surface area contributed by atoms with Crippen LogP contribution in [0.25, 0.3) is 11.0 Å². The molecule has 0 unspecified atom stereocenters. The first-order valence-corrected chi connectivity index (χ1v) is 7.23. The fraction of sp³-hybridized carbons (Fsp3) is 0.312. The second kappa shape index (κ2) is 5.91. The number of benzene rings is 1. The lowest BCUT2D eigenvalue weighted by atomic mass is 10.3. The molecule has 0 radical (unpaired) electrons. The number of fused-ring (bicyclic) bond motifs is 1. The lowest BCUT2D eigenvalue weighted by molar-refractivity contribution is 0.827. The summed E-state index contributed by atoms with van der Waals surface area (Å²) in [6.45, 7) is 3.04. The molecule has 3 aromatic rings. The summed E-state index contributed by atoms with van der Waals surface area (Å²) in [6.07, 6.45) is 5.31. The van der Waals surface area contributed by atoms with Gasteiger partial charge in [-0.05, 0) is 18.6 Å². The van der Waals surface area contributed by atoms with E-state index in [9.17, 15) is 0 Å². The third-order valence-electron chi connectivity index (χ3n) is 3.46. The zero-order valence-corrected chi connectivity index (χ0v) is 12.4. The second-order valence-electron chi connectivity index (χ2n) is 5.07. The van der Waals surface area contributed by atoms with Gasteiger partial charge in [0.15, 0.2) is 0 Å². The predicted molar refractivity (Wildman–Crippen MR) is 84.3 cm³/mol. The number of imidazole rings is 1. The molecule has 0 atom stereocenters. The van der Waals surface area contributed by atoms with Gasteiger partial charge in [-0.15, -0.1) is 0 Å². The number of para-hydroxylation sites is 2. The van der Waals surface area contributed by atoms with Crippen LogP contribution in [0, 0.1) is 0 Å². The van der Waals surface area contributed by atoms with Crippen LogP contribution in [-0.2, 0) is 13.5 Å². The maximum absolute atomic E-state index is 4.67. The van der Waals surface area contributed by atoms with Gasteiger partial charge in [0.05, 0.1) is 22.9 Å². The van der Waals surface area contributed by atoms with E-state index in [-0.39, 0.29) is 0 Å². The van der Waals surface area contributed by atoms with Crippen molar-refractivity contribution in [3.8, 4) is 0 Å². The van der Waals surface area contributed by atoms with Crippen molar-refractivity contribution < 1.29 is 0 Å². The Labute approximate surface area is 124 Å². The first kappa shape index (κ1) is 13.5. The normalized spacial score (nSPS) is 11.0. The molecular weight excluding hydrogens is 262 g/mol. The zero-order valence-electron chi connectivity index (χ0n) is 12.4. The molecule has 0 spiro atoms. The van der Waals surface area contributed by atoms with E-state index in [1.807, 2.05) is 25.2 Å². The Morgan fingerprint density at radius 1 is 1.14 bits per heavy atom. The van der Waals surface area contributed by atoms with Crippen LogP contribution in [0.1, 0.15) is 24.9 Å². The van der Waals surface area contributed by atoms with Crippen LogP contribution in [0.4, 0.5) is 5.82 Å². The third-order valence-corrected chi connectivity index (χ3v) is 3.46. The number of nitrogens with zero attached hydrogens (tertiary/aromatic N) is 4. The van der Waals surface area contributed by atoms with E-state index in [1.54, 1.807) is 12.4 Å². The highest BCUT2D eigenvalue weighted by Gasteiger charge is 2.09. The highest BCUT2D eigenvalue weighted by molar-refractivity contribution is 5.75. The van der Waals surface area contributed by atoms with Crippen LogP contribution in [0.5, 0.6) is 0 Å². The summed E-state index contributed by atoms with van der Waals surface area (Å²) in [5.74, 6) is 1.83. The molecule has 0 saturated heterocycles. The lowest BCUT2D eigenvalue weighted by Gasteiger charge is -2.06. The van der Waals surface area contributed by atoms with Gasteiger partial charge in [0, 0.05) is 26.2 Å².